The molecule has 0 atom stereocenters. The van der Waals surface area contributed by atoms with Crippen molar-refractivity contribution in [3.63, 3.8) is 0 Å². The molecule has 0 radical (unpaired) electrons. The van der Waals surface area contributed by atoms with Crippen molar-refractivity contribution < 1.29 is 4.92 Å². The van der Waals surface area contributed by atoms with Crippen molar-refractivity contribution in [3.8, 4) is 0 Å². The number of nitro benzene ring substituents is 1. The quantitative estimate of drug-likeness (QED) is 0.633. The minimum absolute atomic E-state index is 0.0737. The van der Waals surface area contributed by atoms with Crippen LogP contribution in [0.4, 0.5) is 5.69 Å². The lowest BCUT2D eigenvalue weighted by Crippen LogP contribution is -2.21. The predicted molar refractivity (Wildman–Crippen MR) is 73.4 cm³/mol. The van der Waals surface area contributed by atoms with Crippen LogP contribution in [0.15, 0.2) is 40.0 Å². The van der Waals surface area contributed by atoms with Crippen LogP contribution in [0.2, 0.25) is 5.02 Å². The Morgan fingerprint density at radius 1 is 1.47 bits per heavy atom. The van der Waals surface area contributed by atoms with Crippen LogP contribution >= 0.6 is 27.5 Å². The van der Waals surface area contributed by atoms with Crippen LogP contribution in [0.1, 0.15) is 5.56 Å². The molecule has 2 rings (SSSR count). The Bertz CT molecular complexity index is 702. The third kappa shape index (κ3) is 2.99. The van der Waals surface area contributed by atoms with Crippen LogP contribution in [-0.2, 0) is 6.54 Å². The maximum Gasteiger partial charge on any atom is 0.269 e. The Morgan fingerprint density at radius 2 is 2.21 bits per heavy atom. The highest BCUT2D eigenvalue weighted by molar-refractivity contribution is 9.10. The number of nitrogens with zero attached hydrogens (tertiary/aromatic N) is 3. The number of halogens is 2. The zero-order valence-corrected chi connectivity index (χ0v) is 11.8. The fraction of sp³-hybridized carbons (Fsp3) is 0.0909. The molecular weight excluding hydrogens is 337 g/mol. The molecule has 0 spiro atoms. The molecule has 19 heavy (non-hydrogen) atoms. The van der Waals surface area contributed by atoms with Gasteiger partial charge < -0.3 is 0 Å². The Kier molecular flexibility index (Phi) is 3.96. The number of non-ortho nitro benzene ring substituents is 1. The molecule has 0 saturated heterocycles. The molecule has 98 valence electrons. The summed E-state index contributed by atoms with van der Waals surface area (Å²) in [6, 6.07) is 4.09. The average Bonchev–Trinajstić information content (AvgIpc) is 2.37. The molecule has 1 aromatic carbocycles. The van der Waals surface area contributed by atoms with Gasteiger partial charge in [0.15, 0.2) is 0 Å². The van der Waals surface area contributed by atoms with Gasteiger partial charge >= 0.3 is 0 Å². The second-order valence-corrected chi connectivity index (χ2v) is 4.97. The lowest BCUT2D eigenvalue weighted by molar-refractivity contribution is -0.384. The summed E-state index contributed by atoms with van der Waals surface area (Å²) in [6.07, 6.45) is 2.73. The fourth-order valence-electron chi connectivity index (χ4n) is 1.52. The summed E-state index contributed by atoms with van der Waals surface area (Å²) in [5, 5.41) is 11.1. The van der Waals surface area contributed by atoms with Gasteiger partial charge in [0.25, 0.3) is 11.2 Å². The zero-order chi connectivity index (χ0) is 14.0. The minimum Gasteiger partial charge on any atom is -0.294 e. The van der Waals surface area contributed by atoms with Gasteiger partial charge in [-0.25, -0.2) is 4.98 Å². The molecule has 0 saturated carbocycles. The standard InChI is InChI=1S/C11H7BrClN3O3/c12-9-4-14-6-15(11(9)17)5-7-3-8(16(18)19)1-2-10(7)13/h1-4,6H,5H2. The Morgan fingerprint density at radius 3 is 2.89 bits per heavy atom. The van der Waals surface area contributed by atoms with Gasteiger partial charge in [-0.15, -0.1) is 0 Å². The van der Waals surface area contributed by atoms with E-state index in [1.165, 1.54) is 35.3 Å². The molecule has 8 heteroatoms. The van der Waals surface area contributed by atoms with E-state index in [0.717, 1.165) is 0 Å². The second kappa shape index (κ2) is 5.50. The van der Waals surface area contributed by atoms with E-state index in [4.69, 9.17) is 11.6 Å². The van der Waals surface area contributed by atoms with Crippen molar-refractivity contribution in [1.82, 2.24) is 9.55 Å². The summed E-state index contributed by atoms with van der Waals surface area (Å²) in [4.78, 5) is 25.9. The first-order valence-electron chi connectivity index (χ1n) is 5.12. The van der Waals surface area contributed by atoms with E-state index in [0.29, 0.717) is 15.1 Å². The highest BCUT2D eigenvalue weighted by atomic mass is 79.9. The summed E-state index contributed by atoms with van der Waals surface area (Å²) in [5.41, 5.74) is 0.130. The smallest absolute Gasteiger partial charge is 0.269 e. The van der Waals surface area contributed by atoms with Gasteiger partial charge in [0.05, 0.1) is 17.8 Å². The Balaban J connectivity index is 2.43. The largest absolute Gasteiger partial charge is 0.294 e. The lowest BCUT2D eigenvalue weighted by Gasteiger charge is -2.07. The number of hydrogen-bond acceptors (Lipinski definition) is 4. The van der Waals surface area contributed by atoms with Gasteiger partial charge in [0.2, 0.25) is 0 Å². The second-order valence-electron chi connectivity index (χ2n) is 3.71. The minimum atomic E-state index is -0.512. The molecule has 0 N–H and O–H groups in total. The van der Waals surface area contributed by atoms with Gasteiger partial charge in [-0.1, -0.05) is 11.6 Å². The maximum atomic E-state index is 11.8. The SMILES string of the molecule is O=c1c(Br)cncn1Cc1cc([N+](=O)[O-])ccc1Cl. The summed E-state index contributed by atoms with van der Waals surface area (Å²) in [5.74, 6) is 0. The third-order valence-electron chi connectivity index (χ3n) is 2.44. The zero-order valence-electron chi connectivity index (χ0n) is 9.42. The average molecular weight is 345 g/mol. The molecule has 0 amide bonds. The third-order valence-corrected chi connectivity index (χ3v) is 3.35. The maximum absolute atomic E-state index is 11.8. The summed E-state index contributed by atoms with van der Waals surface area (Å²) in [7, 11) is 0. The van der Waals surface area contributed by atoms with Gasteiger partial charge in [-0.3, -0.25) is 19.5 Å². The van der Waals surface area contributed by atoms with E-state index in [9.17, 15) is 14.9 Å². The van der Waals surface area contributed by atoms with Crippen molar-refractivity contribution >= 4 is 33.2 Å². The van der Waals surface area contributed by atoms with Crippen molar-refractivity contribution in [2.75, 3.05) is 0 Å². The van der Waals surface area contributed by atoms with Crippen molar-refractivity contribution in [1.29, 1.82) is 0 Å². The topological polar surface area (TPSA) is 78.0 Å². The van der Waals surface area contributed by atoms with Crippen LogP contribution < -0.4 is 5.56 Å². The van der Waals surface area contributed by atoms with Crippen LogP contribution in [0.3, 0.4) is 0 Å². The van der Waals surface area contributed by atoms with Crippen LogP contribution in [0.25, 0.3) is 0 Å². The van der Waals surface area contributed by atoms with E-state index in [1.807, 2.05) is 0 Å². The van der Waals surface area contributed by atoms with E-state index in [2.05, 4.69) is 20.9 Å². The normalized spacial score (nSPS) is 10.4. The molecule has 0 bridgehead atoms. The number of nitro groups is 1. The monoisotopic (exact) mass is 343 g/mol. The van der Waals surface area contributed by atoms with E-state index in [1.54, 1.807) is 0 Å². The first-order chi connectivity index (χ1) is 8.99. The first kappa shape index (κ1) is 13.7. The highest BCUT2D eigenvalue weighted by Gasteiger charge is 2.11. The molecule has 0 aliphatic carbocycles. The van der Waals surface area contributed by atoms with Crippen LogP contribution in [0.5, 0.6) is 0 Å². The molecule has 2 aromatic rings. The molecule has 1 aromatic heterocycles. The molecule has 0 unspecified atom stereocenters. The number of hydrogen-bond donors (Lipinski definition) is 0. The van der Waals surface area contributed by atoms with Gasteiger partial charge in [0, 0.05) is 23.4 Å². The molecule has 0 aliphatic rings. The van der Waals surface area contributed by atoms with Crippen LogP contribution in [-0.4, -0.2) is 14.5 Å². The van der Waals surface area contributed by atoms with Crippen LogP contribution in [0, 0.1) is 10.1 Å². The van der Waals surface area contributed by atoms with E-state index in [-0.39, 0.29) is 17.8 Å². The molecule has 6 nitrogen and oxygen atoms in total. The summed E-state index contributed by atoms with van der Waals surface area (Å²) >= 11 is 9.05. The predicted octanol–water partition coefficient (Wildman–Crippen LogP) is 2.62. The first-order valence-corrected chi connectivity index (χ1v) is 6.29. The van der Waals surface area contributed by atoms with Gasteiger partial charge in [-0.2, -0.15) is 0 Å². The van der Waals surface area contributed by atoms with Gasteiger partial charge in [0.1, 0.15) is 4.47 Å². The lowest BCUT2D eigenvalue weighted by atomic mass is 10.2. The van der Waals surface area contributed by atoms with E-state index < -0.39 is 4.92 Å². The Labute approximate surface area is 120 Å². The molecule has 0 aliphatic heterocycles. The molecular formula is C11H7BrClN3O3. The summed E-state index contributed by atoms with van der Waals surface area (Å²) < 4.78 is 1.63. The van der Waals surface area contributed by atoms with Gasteiger partial charge in [-0.05, 0) is 27.6 Å². The van der Waals surface area contributed by atoms with Crippen molar-refractivity contribution in [3.05, 3.63) is 66.3 Å². The number of rotatable bonds is 3. The molecule has 1 heterocycles. The number of benzene rings is 1. The number of aromatic nitrogens is 2. The molecule has 0 fully saturated rings. The Hall–Kier alpha value is -1.73. The highest BCUT2D eigenvalue weighted by Crippen LogP contribution is 2.22. The van der Waals surface area contributed by atoms with Crippen molar-refractivity contribution in [2.24, 2.45) is 0 Å². The fourth-order valence-corrected chi connectivity index (χ4v) is 2.04. The van der Waals surface area contributed by atoms with E-state index >= 15 is 0 Å². The summed E-state index contributed by atoms with van der Waals surface area (Å²) in [6.45, 7) is 0.117. The van der Waals surface area contributed by atoms with Crippen molar-refractivity contribution in [2.45, 2.75) is 6.54 Å².